The first-order chi connectivity index (χ1) is 56.5. The van der Waals surface area contributed by atoms with E-state index in [1.807, 2.05) is 56.1 Å². The maximum Gasteiger partial charge on any atom is 0.373 e. The number of urea groups is 1. The number of aliphatic hydroxyl groups excluding tert-OH is 1. The average Bonchev–Trinajstić information content (AvgIpc) is 1.49. The number of carbonyl (C=O) groups is 13. The molecule has 13 N–H and O–H groups in total. The minimum absolute atomic E-state index is 0.0160. The summed E-state index contributed by atoms with van der Waals surface area (Å²) in [5, 5.41) is 96.0. The third-order valence-electron chi connectivity index (χ3n) is 24.0. The number of hydrogen-bond donors (Lipinski definition) is 13. The molecule has 2 bridgehead atoms. The van der Waals surface area contributed by atoms with Gasteiger partial charge >= 0.3 is 54.0 Å². The second kappa shape index (κ2) is 41.7. The van der Waals surface area contributed by atoms with E-state index < -0.39 is 198 Å². The number of benzene rings is 3. The van der Waals surface area contributed by atoms with Crippen LogP contribution >= 0.6 is 21.6 Å². The number of likely N-dealkylation sites (N-methyl/N-ethyl adjacent to an activating group) is 1. The first-order valence-electron chi connectivity index (χ1n) is 39.7. The maximum atomic E-state index is 15.3. The van der Waals surface area contributed by atoms with Crippen molar-refractivity contribution in [2.45, 2.75) is 189 Å². The summed E-state index contributed by atoms with van der Waals surface area (Å²) in [6.07, 6.45) is 1.69. The molecule has 36 heteroatoms. The number of piperidine rings is 1. The van der Waals surface area contributed by atoms with E-state index in [2.05, 4.69) is 61.5 Å². The van der Waals surface area contributed by atoms with Gasteiger partial charge in [0, 0.05) is 123 Å². The normalized spacial score (nSPS) is 25.2. The molecule has 10 rings (SSSR count). The van der Waals surface area contributed by atoms with Crippen molar-refractivity contribution in [2.24, 2.45) is 23.2 Å². The van der Waals surface area contributed by atoms with E-state index >= 15 is 4.79 Å². The summed E-state index contributed by atoms with van der Waals surface area (Å²) in [5.74, 6) is -12.6. The molecular weight excluding hydrogens is 1590 g/mol. The number of hydrogen-bond acceptors (Lipinski definition) is 26. The number of aliphatic carboxylic acids is 5. The zero-order valence-electron chi connectivity index (χ0n) is 67.7. The van der Waals surface area contributed by atoms with Gasteiger partial charge in [0.15, 0.2) is 11.4 Å². The van der Waals surface area contributed by atoms with E-state index in [0.717, 1.165) is 39.3 Å². The smallest absolute Gasteiger partial charge is 0.373 e. The van der Waals surface area contributed by atoms with Crippen LogP contribution in [0.3, 0.4) is 0 Å². The molecule has 34 nitrogen and oxygen atoms in total. The van der Waals surface area contributed by atoms with E-state index in [0.29, 0.717) is 93.9 Å². The average molecular weight is 1700 g/mol. The number of Topliss-reactive ketones (excluding diaryl/α,β-unsaturated/α-hetero) is 2. The Bertz CT molecular complexity index is 4370. The van der Waals surface area contributed by atoms with Crippen molar-refractivity contribution >= 4 is 116 Å². The van der Waals surface area contributed by atoms with Gasteiger partial charge in [-0.15, -0.1) is 0 Å². The molecule has 2 saturated heterocycles. The molecule has 0 aromatic heterocycles. The van der Waals surface area contributed by atoms with Gasteiger partial charge in [0.2, 0.25) is 11.8 Å². The number of aliphatic hydroxyl groups is 3. The van der Waals surface area contributed by atoms with Gasteiger partial charge in [0.25, 0.3) is 5.91 Å². The number of nitrogens with one attached hydrogen (secondary N) is 5. The number of anilines is 1. The van der Waals surface area contributed by atoms with Crippen LogP contribution in [0, 0.1) is 23.2 Å². The number of amides is 5. The molecule has 0 radical (unpaired) electrons. The zero-order chi connectivity index (χ0) is 87.5. The van der Waals surface area contributed by atoms with Gasteiger partial charge in [-0.3, -0.25) is 62.5 Å². The summed E-state index contributed by atoms with van der Waals surface area (Å²) >= 11 is 0. The third kappa shape index (κ3) is 21.4. The predicted molar refractivity (Wildman–Crippen MR) is 431 cm³/mol. The van der Waals surface area contributed by atoms with Crippen molar-refractivity contribution in [2.75, 3.05) is 90.1 Å². The molecule has 3 aromatic rings. The molecule has 5 heterocycles. The molecule has 648 valence electrons. The lowest BCUT2D eigenvalue weighted by Gasteiger charge is -2.63. The third-order valence-corrected chi connectivity index (χ3v) is 26.4. The van der Waals surface area contributed by atoms with Crippen LogP contribution in [0.15, 0.2) is 84.5 Å². The molecule has 2 aliphatic carbocycles. The van der Waals surface area contributed by atoms with Crippen LogP contribution in [-0.2, 0) is 100 Å². The lowest BCUT2D eigenvalue weighted by atomic mass is 9.47. The summed E-state index contributed by atoms with van der Waals surface area (Å²) in [4.78, 5) is 186. The van der Waals surface area contributed by atoms with Crippen LogP contribution in [0.1, 0.15) is 145 Å². The van der Waals surface area contributed by atoms with Gasteiger partial charge in [-0.05, 0) is 123 Å². The van der Waals surface area contributed by atoms with Crippen molar-refractivity contribution < 1.29 is 127 Å². The number of ketones is 2. The topological polar surface area (TPSA) is 515 Å². The molecule has 1 spiro atoms. The molecule has 3 unspecified atom stereocenters. The quantitative estimate of drug-likeness (QED) is 0.0167. The second-order valence-electron chi connectivity index (χ2n) is 31.3. The van der Waals surface area contributed by atoms with E-state index in [4.69, 9.17) is 28.9 Å². The predicted octanol–water partition coefficient (Wildman–Crippen LogP) is 3.85. The number of carboxylic acid groups (broad SMARTS) is 5. The highest BCUT2D eigenvalue weighted by atomic mass is 33.1. The van der Waals surface area contributed by atoms with Crippen LogP contribution in [0.2, 0.25) is 0 Å². The standard InChI is InChI=1S/C49H64N4O9S2.C33H44N4O15.CO2/c1-7-45(58)24-30-25-48(44(57)61-6,34-21-31-13-10-11-14-32(31)33(34)28-52(27-30)29-45)36-22-35-37(23-38(36)60-5)51(4)41-47(35)16-18-53-17-12-15-46(8-2,40(47)53)42(55)49(41,59)43(56)50-26-39(54)62-19-20-64-63-9-3;1-18(30(46)47)35-29(45)21(14-19-6-3-2-4-7-19)16-25(39)24(17-28(43)44)36-26(40)12-9-20(31(48)49)15-22(38)10-11-23(32(50)51)37-33(52)34-13-5-8-27(41)42;2-1-3/h10-15,22-23,30,40-42,55,58-59H,7-9,16-21,24-29H2,1-6H3,(H,50,56);2-4,6-7,18,20-21,23-24H,5,8-17H2,1H3,(H,35,45)(H,36,40)(H,41,42)(H,43,44)(H,46,47)(H,48,49)(H,50,51)(H2,34,37,52);/t30-,40?,41-,42-,45+,46-,47-,48-,49+;18-,20+,21+,23?,24-;/m10./s1. The Morgan fingerprint density at radius 1 is 0.739 bits per heavy atom. The first kappa shape index (κ1) is 94.4. The van der Waals surface area contributed by atoms with Gasteiger partial charge < -0.3 is 86.5 Å². The van der Waals surface area contributed by atoms with Gasteiger partial charge in [-0.1, -0.05) is 109 Å². The number of ether oxygens (including phenoxy) is 3. The molecule has 5 aliphatic heterocycles. The fourth-order valence-corrected chi connectivity index (χ4v) is 20.2. The maximum absolute atomic E-state index is 15.3. The Balaban J connectivity index is 0.000000294. The number of nitrogens with zero attached hydrogens (tertiary/aromatic N) is 3. The van der Waals surface area contributed by atoms with E-state index in [1.165, 1.54) is 14.0 Å². The van der Waals surface area contributed by atoms with Crippen molar-refractivity contribution in [3.63, 3.8) is 0 Å². The van der Waals surface area contributed by atoms with Crippen LogP contribution in [0.5, 0.6) is 5.75 Å². The number of methoxy groups -OCH3 is 2. The first-order valence-corrected chi connectivity index (χ1v) is 42.2. The van der Waals surface area contributed by atoms with Crippen LogP contribution in [0.4, 0.5) is 10.5 Å². The highest BCUT2D eigenvalue weighted by Crippen LogP contribution is 2.68. The van der Waals surface area contributed by atoms with Gasteiger partial charge in [-0.2, -0.15) is 9.59 Å². The minimum Gasteiger partial charge on any atom is -0.496 e. The zero-order valence-corrected chi connectivity index (χ0v) is 69.3. The van der Waals surface area contributed by atoms with E-state index in [1.54, 1.807) is 59.0 Å². The summed E-state index contributed by atoms with van der Waals surface area (Å²) in [7, 11) is 8.18. The molecule has 15 atom stereocenters. The molecule has 5 amide bonds. The molecule has 1 saturated carbocycles. The molecular formula is C83H108N8O26S2. The Morgan fingerprint density at radius 2 is 1.45 bits per heavy atom. The number of rotatable bonds is 39. The minimum atomic E-state index is -2.40. The van der Waals surface area contributed by atoms with Crippen LogP contribution in [-0.4, -0.2) is 267 Å². The number of carbonyl (C=O) groups excluding carboxylic acids is 10. The summed E-state index contributed by atoms with van der Waals surface area (Å²) < 4.78 is 17.8. The highest BCUT2D eigenvalue weighted by Gasteiger charge is 2.79. The monoisotopic (exact) mass is 1700 g/mol. The summed E-state index contributed by atoms with van der Waals surface area (Å²) in [6, 6.07) is 14.1. The van der Waals surface area contributed by atoms with Gasteiger partial charge in [-0.25, -0.2) is 9.59 Å². The highest BCUT2D eigenvalue weighted by molar-refractivity contribution is 8.76. The SMILES string of the molecule is CCSSCCOC(=O)CNC(=O)[C@@]1(O)[C@H](O)[C@]2(CC)C=CCN3CC[C@@]4(c5cc([C@@]6(C(=O)OC)C[C@@H]7CN(CC8=C6Cc6ccccc68)C[C@](O)(CC)C7)c(OC)cc5N(C)[C@@H]14)C32.C[C@H](NC(=O)[C@@H](CC(=O)[C@H](CC(=O)O)NC(=O)CC[C@H](CC(=O)CCC(NC(=O)NCCCC(=O)O)C(=O)O)C(=O)O)Cc1ccccc1)C(=O)O.O=C=O. The van der Waals surface area contributed by atoms with E-state index in [9.17, 15) is 93.3 Å². The van der Waals surface area contributed by atoms with Gasteiger partial charge in [0.1, 0.15) is 48.3 Å². The van der Waals surface area contributed by atoms with Crippen molar-refractivity contribution in [3.8, 4) is 5.75 Å². The molecule has 7 aliphatic rings. The number of fused-ring (bicyclic) bond motifs is 5. The Morgan fingerprint density at radius 3 is 2.08 bits per heavy atom. The fourth-order valence-electron chi connectivity index (χ4n) is 18.7. The Labute approximate surface area is 696 Å². The molecule has 3 aromatic carbocycles. The Hall–Kier alpha value is -10.1. The molecule has 119 heavy (non-hydrogen) atoms. The lowest BCUT2D eigenvalue weighted by Crippen LogP contribution is -2.81. The number of carboxylic acids is 5. The van der Waals surface area contributed by atoms with Gasteiger partial charge in [0.05, 0.1) is 44.2 Å². The fraction of sp³-hybridized carbons (Fsp3) is 0.566. The number of esters is 2. The van der Waals surface area contributed by atoms with Crippen molar-refractivity contribution in [1.82, 2.24) is 36.4 Å². The Kier molecular flexibility index (Phi) is 33.1. The molecule has 3 fully saturated rings. The van der Waals surface area contributed by atoms with Crippen molar-refractivity contribution in [1.29, 1.82) is 0 Å². The lowest BCUT2D eigenvalue weighted by molar-refractivity contribution is -0.203. The van der Waals surface area contributed by atoms with E-state index in [-0.39, 0.29) is 50.5 Å². The second-order valence-corrected chi connectivity index (χ2v) is 34.2. The van der Waals surface area contributed by atoms with Crippen molar-refractivity contribution in [3.05, 3.63) is 112 Å². The van der Waals surface area contributed by atoms with Crippen LogP contribution < -0.4 is 36.2 Å². The van der Waals surface area contributed by atoms with Crippen LogP contribution in [0.25, 0.3) is 5.57 Å². The summed E-state index contributed by atoms with van der Waals surface area (Å²) in [5.41, 5.74) is 0.474. The summed E-state index contributed by atoms with van der Waals surface area (Å²) in [6.45, 7) is 10.1. The largest absolute Gasteiger partial charge is 0.496 e.